The third-order valence-corrected chi connectivity index (χ3v) is 0.866. The fourth-order valence-electron chi connectivity index (χ4n) is 0.167. The minimum absolute atomic E-state index is 0. The quantitative estimate of drug-likeness (QED) is 0.370. The monoisotopic (exact) mass is 86.1 g/mol. The van der Waals surface area contributed by atoms with Gasteiger partial charge in [0.2, 0.25) is 0 Å². The van der Waals surface area contributed by atoms with Crippen molar-refractivity contribution < 1.29 is 0 Å². The molecule has 0 heterocycles. The Hall–Kier alpha value is 0.532. The molecule has 5 heavy (non-hydrogen) atoms. The number of rotatable bonds is 0. The summed E-state index contributed by atoms with van der Waals surface area (Å²) in [6.45, 7) is 2.28. The molecule has 0 saturated heterocycles. The Morgan fingerprint density at radius 2 is 1.60 bits per heavy atom. The SMILES string of the molecule is CC1CC1.[AlH3]. The van der Waals surface area contributed by atoms with Crippen LogP contribution in [0.5, 0.6) is 0 Å². The Morgan fingerprint density at radius 1 is 1.40 bits per heavy atom. The molecule has 0 nitrogen and oxygen atoms in total. The first-order valence-electron chi connectivity index (χ1n) is 1.89. The minimum atomic E-state index is 0. The van der Waals surface area contributed by atoms with Gasteiger partial charge < -0.3 is 0 Å². The van der Waals surface area contributed by atoms with Gasteiger partial charge in [0, 0.05) is 0 Å². The van der Waals surface area contributed by atoms with Crippen LogP contribution in [0, 0.1) is 5.92 Å². The first-order chi connectivity index (χ1) is 1.89. The van der Waals surface area contributed by atoms with Crippen molar-refractivity contribution in [3.63, 3.8) is 0 Å². The predicted molar refractivity (Wildman–Crippen MR) is 28.3 cm³/mol. The number of hydrogen-bond donors (Lipinski definition) is 0. The molecule has 0 amide bonds. The number of hydrogen-bond acceptors (Lipinski definition) is 0. The summed E-state index contributed by atoms with van der Waals surface area (Å²) in [5, 5.41) is 0. The first kappa shape index (κ1) is 5.53. The summed E-state index contributed by atoms with van der Waals surface area (Å²) in [5.74, 6) is 1.08. The van der Waals surface area contributed by atoms with Crippen LogP contribution in [0.2, 0.25) is 0 Å². The maximum Gasteiger partial charge on any atom is 0.187 e. The second-order valence-corrected chi connectivity index (χ2v) is 1.68. The van der Waals surface area contributed by atoms with Gasteiger partial charge in [0.05, 0.1) is 0 Å². The molecule has 1 saturated carbocycles. The summed E-state index contributed by atoms with van der Waals surface area (Å²) >= 11 is 0. The van der Waals surface area contributed by atoms with E-state index < -0.39 is 0 Å². The van der Waals surface area contributed by atoms with Crippen LogP contribution in [0.25, 0.3) is 0 Å². The van der Waals surface area contributed by atoms with E-state index in [0.717, 1.165) is 5.92 Å². The third kappa shape index (κ3) is 2.33. The molecule has 30 valence electrons. The minimum Gasteiger partial charge on any atom is -0.0625 e. The molecular weight excluding hydrogens is 75.0 g/mol. The van der Waals surface area contributed by atoms with E-state index in [0.29, 0.717) is 0 Å². The van der Waals surface area contributed by atoms with Crippen LogP contribution in [-0.4, -0.2) is 17.4 Å². The van der Waals surface area contributed by atoms with Crippen LogP contribution < -0.4 is 0 Å². The van der Waals surface area contributed by atoms with Crippen molar-refractivity contribution in [3.05, 3.63) is 0 Å². The van der Waals surface area contributed by atoms with Gasteiger partial charge in [-0.15, -0.1) is 0 Å². The molecule has 0 spiro atoms. The summed E-state index contributed by atoms with van der Waals surface area (Å²) in [7, 11) is 0. The maximum absolute atomic E-state index is 2.28. The third-order valence-electron chi connectivity index (χ3n) is 0.866. The molecule has 0 radical (unpaired) electrons. The van der Waals surface area contributed by atoms with Crippen molar-refractivity contribution in [2.45, 2.75) is 19.8 Å². The highest BCUT2D eigenvalue weighted by molar-refractivity contribution is 5.75. The summed E-state index contributed by atoms with van der Waals surface area (Å²) in [6.07, 6.45) is 2.97. The van der Waals surface area contributed by atoms with E-state index in [1.54, 1.807) is 0 Å². The van der Waals surface area contributed by atoms with E-state index in [1.165, 1.54) is 12.8 Å². The Labute approximate surface area is 43.7 Å². The zero-order valence-electron chi connectivity index (χ0n) is 2.99. The molecule has 0 aromatic rings. The van der Waals surface area contributed by atoms with Gasteiger partial charge in [-0.1, -0.05) is 19.8 Å². The largest absolute Gasteiger partial charge is 0.187 e. The van der Waals surface area contributed by atoms with Gasteiger partial charge in [-0.25, -0.2) is 0 Å². The molecule has 1 fully saturated rings. The van der Waals surface area contributed by atoms with Gasteiger partial charge in [-0.2, -0.15) is 0 Å². The lowest BCUT2D eigenvalue weighted by molar-refractivity contribution is 0.983. The molecule has 1 aliphatic carbocycles. The topological polar surface area (TPSA) is 0 Å². The summed E-state index contributed by atoms with van der Waals surface area (Å²) in [6, 6.07) is 0. The first-order valence-corrected chi connectivity index (χ1v) is 1.89. The second-order valence-electron chi connectivity index (χ2n) is 1.68. The lowest BCUT2D eigenvalue weighted by atomic mass is 10.5. The maximum atomic E-state index is 2.28. The fraction of sp³-hybridized carbons (Fsp3) is 1.00. The van der Waals surface area contributed by atoms with Crippen molar-refractivity contribution in [1.82, 2.24) is 0 Å². The van der Waals surface area contributed by atoms with Gasteiger partial charge >= 0.3 is 0 Å². The Bertz CT molecular complexity index is 22.8. The smallest absolute Gasteiger partial charge is 0.0625 e. The summed E-state index contributed by atoms with van der Waals surface area (Å²) in [5.41, 5.74) is 0. The van der Waals surface area contributed by atoms with Crippen molar-refractivity contribution >= 4 is 17.4 Å². The van der Waals surface area contributed by atoms with Crippen LogP contribution in [-0.2, 0) is 0 Å². The molecule has 1 rings (SSSR count). The lowest BCUT2D eigenvalue weighted by Gasteiger charge is -1.53. The molecule has 0 N–H and O–H groups in total. The van der Waals surface area contributed by atoms with Crippen molar-refractivity contribution in [3.8, 4) is 0 Å². The van der Waals surface area contributed by atoms with Gasteiger partial charge in [0.1, 0.15) is 0 Å². The van der Waals surface area contributed by atoms with E-state index in [-0.39, 0.29) is 17.4 Å². The van der Waals surface area contributed by atoms with E-state index >= 15 is 0 Å². The second kappa shape index (κ2) is 1.85. The summed E-state index contributed by atoms with van der Waals surface area (Å²) < 4.78 is 0. The molecule has 0 bridgehead atoms. The Morgan fingerprint density at radius 3 is 1.60 bits per heavy atom. The van der Waals surface area contributed by atoms with Gasteiger partial charge in [-0.05, 0) is 5.92 Å². The lowest BCUT2D eigenvalue weighted by Crippen LogP contribution is -1.42. The highest BCUT2D eigenvalue weighted by atomic mass is 27.0. The Kier molecular flexibility index (Phi) is 2.04. The molecular formula is C4H11Al. The van der Waals surface area contributed by atoms with E-state index in [2.05, 4.69) is 6.92 Å². The van der Waals surface area contributed by atoms with Crippen molar-refractivity contribution in [1.29, 1.82) is 0 Å². The zero-order valence-corrected chi connectivity index (χ0v) is 2.99. The molecule has 1 heteroatoms. The van der Waals surface area contributed by atoms with Crippen LogP contribution in [0.15, 0.2) is 0 Å². The highest BCUT2D eigenvalue weighted by Gasteiger charge is 2.12. The van der Waals surface area contributed by atoms with Gasteiger partial charge in [0.15, 0.2) is 17.4 Å². The van der Waals surface area contributed by atoms with E-state index in [9.17, 15) is 0 Å². The summed E-state index contributed by atoms with van der Waals surface area (Å²) in [4.78, 5) is 0. The fourth-order valence-corrected chi connectivity index (χ4v) is 0.167. The van der Waals surface area contributed by atoms with Crippen molar-refractivity contribution in [2.75, 3.05) is 0 Å². The molecule has 0 unspecified atom stereocenters. The standard InChI is InChI=1S/C4H8.Al.3H/c1-4-2-3-4;;;;/h4H,2-3H2,1H3;;;;. The van der Waals surface area contributed by atoms with Gasteiger partial charge in [0.25, 0.3) is 0 Å². The van der Waals surface area contributed by atoms with Crippen LogP contribution in [0.3, 0.4) is 0 Å². The van der Waals surface area contributed by atoms with Gasteiger partial charge in [-0.3, -0.25) is 0 Å². The van der Waals surface area contributed by atoms with Crippen LogP contribution in [0.1, 0.15) is 19.8 Å². The molecule has 1 aliphatic rings. The normalized spacial score (nSPS) is 21.0. The average Bonchev–Trinajstić information content (AvgIpc) is 1.75. The molecule has 0 aromatic carbocycles. The van der Waals surface area contributed by atoms with Crippen molar-refractivity contribution in [2.24, 2.45) is 5.92 Å². The molecule has 0 atom stereocenters. The zero-order chi connectivity index (χ0) is 2.99. The van der Waals surface area contributed by atoms with E-state index in [4.69, 9.17) is 0 Å². The van der Waals surface area contributed by atoms with Crippen LogP contribution in [0.4, 0.5) is 0 Å². The Balaban J connectivity index is 0.000000160. The highest BCUT2D eigenvalue weighted by Crippen LogP contribution is 2.26. The molecule has 0 aromatic heterocycles. The molecule has 0 aliphatic heterocycles. The average molecular weight is 86.1 g/mol. The van der Waals surface area contributed by atoms with E-state index in [1.807, 2.05) is 0 Å². The predicted octanol–water partition coefficient (Wildman–Crippen LogP) is 0.232. The van der Waals surface area contributed by atoms with Crippen LogP contribution >= 0.6 is 0 Å².